The minimum atomic E-state index is -0.303. The lowest BCUT2D eigenvalue weighted by atomic mass is 9.92. The first-order valence-corrected chi connectivity index (χ1v) is 11.6. The van der Waals surface area contributed by atoms with Crippen LogP contribution in [0.3, 0.4) is 0 Å². The Hall–Kier alpha value is -2.26. The minimum Gasteiger partial charge on any atom is -0.482 e. The largest absolute Gasteiger partial charge is 0.482 e. The Labute approximate surface area is 204 Å². The minimum absolute atomic E-state index is 0.116. The SMILES string of the molecule is Bc1cccc(C(CN2CCOCC2)N(C)C(=O)CN2C(=O)COc3cc(Cl)c(Cl)cc32)c1. The van der Waals surface area contributed by atoms with E-state index in [2.05, 4.69) is 11.0 Å². The Morgan fingerprint density at radius 1 is 1.18 bits per heavy atom. The highest BCUT2D eigenvalue weighted by atomic mass is 35.5. The van der Waals surface area contributed by atoms with Gasteiger partial charge in [0.1, 0.15) is 20.1 Å². The van der Waals surface area contributed by atoms with Gasteiger partial charge in [0.2, 0.25) is 5.91 Å². The number of likely N-dealkylation sites (N-methyl/N-ethyl adjacent to an activating group) is 1. The third kappa shape index (κ3) is 5.46. The van der Waals surface area contributed by atoms with E-state index >= 15 is 0 Å². The molecule has 7 nitrogen and oxygen atoms in total. The van der Waals surface area contributed by atoms with Gasteiger partial charge >= 0.3 is 0 Å². The highest BCUT2D eigenvalue weighted by molar-refractivity contribution is 6.42. The molecule has 4 rings (SSSR count). The van der Waals surface area contributed by atoms with Crippen molar-refractivity contribution >= 4 is 54.0 Å². The highest BCUT2D eigenvalue weighted by Crippen LogP contribution is 2.38. The van der Waals surface area contributed by atoms with E-state index in [1.807, 2.05) is 26.0 Å². The Kier molecular flexibility index (Phi) is 7.49. The van der Waals surface area contributed by atoms with Crippen LogP contribution in [-0.2, 0) is 14.3 Å². The van der Waals surface area contributed by atoms with E-state index < -0.39 is 0 Å². The molecule has 0 spiro atoms. The van der Waals surface area contributed by atoms with Crippen molar-refractivity contribution in [3.8, 4) is 5.75 Å². The molecule has 0 aliphatic carbocycles. The highest BCUT2D eigenvalue weighted by Gasteiger charge is 2.32. The summed E-state index contributed by atoms with van der Waals surface area (Å²) in [5.74, 6) is -0.0482. The molecule has 2 heterocycles. The Balaban J connectivity index is 1.57. The zero-order chi connectivity index (χ0) is 23.5. The van der Waals surface area contributed by atoms with Crippen LogP contribution in [0.15, 0.2) is 36.4 Å². The second kappa shape index (κ2) is 10.3. The van der Waals surface area contributed by atoms with Crippen LogP contribution in [0.4, 0.5) is 5.69 Å². The van der Waals surface area contributed by atoms with Crippen LogP contribution in [0.2, 0.25) is 10.0 Å². The number of nitrogens with zero attached hydrogens (tertiary/aromatic N) is 3. The number of fused-ring (bicyclic) bond motifs is 1. The second-order valence-electron chi connectivity index (χ2n) is 8.35. The molecule has 0 saturated carbocycles. The zero-order valence-electron chi connectivity index (χ0n) is 18.7. The number of anilines is 1. The predicted octanol–water partition coefficient (Wildman–Crippen LogP) is 1.51. The van der Waals surface area contributed by atoms with Crippen molar-refractivity contribution in [1.82, 2.24) is 9.80 Å². The van der Waals surface area contributed by atoms with Crippen LogP contribution in [0.25, 0.3) is 0 Å². The average molecular weight is 490 g/mol. The van der Waals surface area contributed by atoms with E-state index in [1.165, 1.54) is 4.90 Å². The molecule has 2 amide bonds. The fraction of sp³-hybridized carbons (Fsp3) is 0.391. The van der Waals surface area contributed by atoms with Gasteiger partial charge in [-0.2, -0.15) is 0 Å². The average Bonchev–Trinajstić information content (AvgIpc) is 2.81. The molecule has 10 heteroatoms. The van der Waals surface area contributed by atoms with Gasteiger partial charge in [-0.3, -0.25) is 19.4 Å². The third-order valence-corrected chi connectivity index (χ3v) is 6.78. The summed E-state index contributed by atoms with van der Waals surface area (Å²) in [4.78, 5) is 31.5. The maximum absolute atomic E-state index is 13.4. The van der Waals surface area contributed by atoms with E-state index in [0.29, 0.717) is 41.2 Å². The number of morpholine rings is 1. The van der Waals surface area contributed by atoms with Crippen molar-refractivity contribution in [2.45, 2.75) is 6.04 Å². The molecule has 1 unspecified atom stereocenters. The van der Waals surface area contributed by atoms with E-state index in [-0.39, 0.29) is 31.0 Å². The van der Waals surface area contributed by atoms with Crippen molar-refractivity contribution in [1.29, 1.82) is 0 Å². The lowest BCUT2D eigenvalue weighted by Crippen LogP contribution is -2.48. The van der Waals surface area contributed by atoms with Gasteiger partial charge in [0.25, 0.3) is 5.91 Å². The summed E-state index contributed by atoms with van der Waals surface area (Å²) < 4.78 is 11.0. The smallest absolute Gasteiger partial charge is 0.265 e. The topological polar surface area (TPSA) is 62.3 Å². The van der Waals surface area contributed by atoms with Crippen molar-refractivity contribution in [3.05, 3.63) is 52.0 Å². The quantitative estimate of drug-likeness (QED) is 0.575. The summed E-state index contributed by atoms with van der Waals surface area (Å²) in [6.07, 6.45) is 0. The van der Waals surface area contributed by atoms with Gasteiger partial charge in [-0.25, -0.2) is 0 Å². The van der Waals surface area contributed by atoms with Gasteiger partial charge < -0.3 is 14.4 Å². The maximum Gasteiger partial charge on any atom is 0.265 e. The number of benzene rings is 2. The summed E-state index contributed by atoms with van der Waals surface area (Å²) in [6, 6.07) is 11.2. The molecule has 33 heavy (non-hydrogen) atoms. The number of carbonyl (C=O) groups excluding carboxylic acids is 2. The van der Waals surface area contributed by atoms with Crippen LogP contribution in [0, 0.1) is 0 Å². The molecular formula is C23H26BCl2N3O4. The molecule has 2 aromatic rings. The summed E-state index contributed by atoms with van der Waals surface area (Å²) in [5, 5.41) is 0.627. The van der Waals surface area contributed by atoms with Gasteiger partial charge in [0, 0.05) is 32.7 Å². The van der Waals surface area contributed by atoms with Crippen molar-refractivity contribution in [2.24, 2.45) is 0 Å². The molecule has 1 fully saturated rings. The fourth-order valence-corrected chi connectivity index (χ4v) is 4.46. The number of amides is 2. The van der Waals surface area contributed by atoms with Gasteiger partial charge in [-0.05, 0) is 11.6 Å². The molecule has 1 atom stereocenters. The van der Waals surface area contributed by atoms with Gasteiger partial charge in [0.05, 0.1) is 35.0 Å². The van der Waals surface area contributed by atoms with Crippen LogP contribution in [0.1, 0.15) is 11.6 Å². The molecule has 0 bridgehead atoms. The number of carbonyl (C=O) groups is 2. The van der Waals surface area contributed by atoms with E-state index in [4.69, 9.17) is 32.7 Å². The summed E-state index contributed by atoms with van der Waals surface area (Å²) >= 11 is 12.3. The van der Waals surface area contributed by atoms with Crippen molar-refractivity contribution in [2.75, 3.05) is 57.9 Å². The summed E-state index contributed by atoms with van der Waals surface area (Å²) in [5.41, 5.74) is 2.63. The molecular weight excluding hydrogens is 464 g/mol. The van der Waals surface area contributed by atoms with Crippen molar-refractivity contribution < 1.29 is 19.1 Å². The monoisotopic (exact) mass is 489 g/mol. The standard InChI is InChI=1S/C23H26BCl2N3O4/c1-27(20(12-28-5-7-32-8-6-28)15-3-2-4-16(24)9-15)22(30)13-29-19-10-17(25)18(26)11-21(19)33-14-23(29)31/h2-4,9-11,20H,5-8,12-14,24H2,1H3. The molecule has 0 radical (unpaired) electrons. The normalized spacial score (nSPS) is 17.3. The van der Waals surface area contributed by atoms with E-state index in [0.717, 1.165) is 24.1 Å². The fourth-order valence-electron chi connectivity index (χ4n) is 4.15. The lowest BCUT2D eigenvalue weighted by Gasteiger charge is -2.37. The molecule has 0 aromatic heterocycles. The molecule has 2 aromatic carbocycles. The van der Waals surface area contributed by atoms with E-state index in [1.54, 1.807) is 24.1 Å². The molecule has 1 saturated heterocycles. The van der Waals surface area contributed by atoms with Crippen LogP contribution in [-0.4, -0.2) is 82.5 Å². The van der Waals surface area contributed by atoms with Crippen LogP contribution >= 0.6 is 23.2 Å². The number of halogens is 2. The van der Waals surface area contributed by atoms with Crippen LogP contribution < -0.4 is 15.1 Å². The maximum atomic E-state index is 13.4. The van der Waals surface area contributed by atoms with Crippen molar-refractivity contribution in [3.63, 3.8) is 0 Å². The molecule has 174 valence electrons. The second-order valence-corrected chi connectivity index (χ2v) is 9.16. The third-order valence-electron chi connectivity index (χ3n) is 6.06. The number of hydrogen-bond donors (Lipinski definition) is 0. The first-order valence-electron chi connectivity index (χ1n) is 10.9. The molecule has 2 aliphatic rings. The van der Waals surface area contributed by atoms with E-state index in [9.17, 15) is 9.59 Å². The number of rotatable bonds is 6. The molecule has 0 N–H and O–H groups in total. The molecule has 2 aliphatic heterocycles. The van der Waals surface area contributed by atoms with Gasteiger partial charge in [0.15, 0.2) is 6.61 Å². The van der Waals surface area contributed by atoms with Gasteiger partial charge in [-0.15, -0.1) is 0 Å². The summed E-state index contributed by atoms with van der Waals surface area (Å²) in [6.45, 7) is 3.41. The van der Waals surface area contributed by atoms with Gasteiger partial charge in [-0.1, -0.05) is 52.9 Å². The Bertz CT molecular complexity index is 1050. The zero-order valence-corrected chi connectivity index (χ0v) is 20.2. The predicted molar refractivity (Wildman–Crippen MR) is 132 cm³/mol. The Morgan fingerprint density at radius 2 is 1.91 bits per heavy atom. The first kappa shape index (κ1) is 23.9. The van der Waals surface area contributed by atoms with Crippen LogP contribution in [0.5, 0.6) is 5.75 Å². The first-order chi connectivity index (χ1) is 15.8. The Morgan fingerprint density at radius 3 is 2.64 bits per heavy atom. The number of hydrogen-bond acceptors (Lipinski definition) is 5. The number of ether oxygens (including phenoxy) is 2. The summed E-state index contributed by atoms with van der Waals surface area (Å²) in [7, 11) is 3.83. The lowest BCUT2D eigenvalue weighted by molar-refractivity contribution is -0.133.